The minimum atomic E-state index is -0.316. The normalized spacial score (nSPS) is 10.3. The van der Waals surface area contributed by atoms with E-state index in [1.807, 2.05) is 12.1 Å². The van der Waals surface area contributed by atoms with Crippen molar-refractivity contribution in [3.63, 3.8) is 0 Å². The number of pyridine rings is 1. The van der Waals surface area contributed by atoms with Crippen molar-refractivity contribution in [3.8, 4) is 0 Å². The fourth-order valence-electron chi connectivity index (χ4n) is 2.02. The topological polar surface area (TPSA) is 79.8 Å². The van der Waals surface area contributed by atoms with Gasteiger partial charge in [-0.05, 0) is 29.8 Å². The van der Waals surface area contributed by atoms with Gasteiger partial charge in [0, 0.05) is 24.0 Å². The van der Waals surface area contributed by atoms with Crippen LogP contribution in [0.3, 0.4) is 0 Å². The molecule has 3 aromatic rings. The minimum Gasteiger partial charge on any atom is -0.347 e. The number of halogens is 2. The first-order valence-electron chi connectivity index (χ1n) is 7.33. The van der Waals surface area contributed by atoms with Crippen LogP contribution in [0.15, 0.2) is 55.1 Å². The van der Waals surface area contributed by atoms with Crippen molar-refractivity contribution in [2.24, 2.45) is 0 Å². The molecule has 8 heteroatoms. The highest BCUT2D eigenvalue weighted by Gasteiger charge is 2.09. The molecule has 0 radical (unpaired) electrons. The highest BCUT2D eigenvalue weighted by Crippen LogP contribution is 2.27. The van der Waals surface area contributed by atoms with Crippen LogP contribution < -0.4 is 10.6 Å². The van der Waals surface area contributed by atoms with E-state index in [1.54, 1.807) is 30.6 Å². The van der Waals surface area contributed by atoms with Crippen molar-refractivity contribution >= 4 is 40.6 Å². The average molecular weight is 374 g/mol. The monoisotopic (exact) mass is 373 g/mol. The number of aromatic nitrogens is 3. The number of carbonyl (C=O) groups is 1. The van der Waals surface area contributed by atoms with Gasteiger partial charge in [-0.2, -0.15) is 0 Å². The lowest BCUT2D eigenvalue weighted by atomic mass is 10.3. The Labute approximate surface area is 154 Å². The van der Waals surface area contributed by atoms with Crippen LogP contribution in [0.5, 0.6) is 0 Å². The molecule has 1 aromatic carbocycles. The molecule has 6 nitrogen and oxygen atoms in total. The van der Waals surface area contributed by atoms with E-state index in [0.717, 1.165) is 5.56 Å². The quantitative estimate of drug-likeness (QED) is 0.709. The van der Waals surface area contributed by atoms with Crippen LogP contribution >= 0.6 is 23.2 Å². The number of benzene rings is 1. The predicted octanol–water partition coefficient (Wildman–Crippen LogP) is 3.85. The molecule has 25 heavy (non-hydrogen) atoms. The molecule has 1 amide bonds. The van der Waals surface area contributed by atoms with Gasteiger partial charge >= 0.3 is 0 Å². The molecule has 0 saturated carbocycles. The number of hydrogen-bond acceptors (Lipinski definition) is 5. The van der Waals surface area contributed by atoms with Gasteiger partial charge in [-0.1, -0.05) is 29.3 Å². The average Bonchev–Trinajstić information content (AvgIpc) is 2.64. The van der Waals surface area contributed by atoms with Gasteiger partial charge < -0.3 is 10.6 Å². The van der Waals surface area contributed by atoms with Gasteiger partial charge in [-0.3, -0.25) is 9.78 Å². The van der Waals surface area contributed by atoms with E-state index in [-0.39, 0.29) is 11.6 Å². The summed E-state index contributed by atoms with van der Waals surface area (Å²) >= 11 is 12.0. The van der Waals surface area contributed by atoms with Crippen LogP contribution in [0.2, 0.25) is 10.0 Å². The zero-order valence-electron chi connectivity index (χ0n) is 12.9. The molecule has 0 aliphatic heterocycles. The first-order chi connectivity index (χ1) is 12.1. The molecule has 2 heterocycles. The first kappa shape index (κ1) is 17.1. The highest BCUT2D eigenvalue weighted by atomic mass is 35.5. The molecular weight excluding hydrogens is 361 g/mol. The number of hydrogen-bond donors (Lipinski definition) is 2. The van der Waals surface area contributed by atoms with E-state index in [9.17, 15) is 4.79 Å². The fraction of sp³-hybridized carbons (Fsp3) is 0.0588. The van der Waals surface area contributed by atoms with Crippen molar-refractivity contribution in [1.29, 1.82) is 0 Å². The Bertz CT molecular complexity index is 872. The van der Waals surface area contributed by atoms with Gasteiger partial charge in [-0.25, -0.2) is 9.97 Å². The molecule has 2 N–H and O–H groups in total. The second-order valence-electron chi connectivity index (χ2n) is 5.08. The van der Waals surface area contributed by atoms with Crippen molar-refractivity contribution in [3.05, 3.63) is 76.4 Å². The Morgan fingerprint density at radius 3 is 2.68 bits per heavy atom. The van der Waals surface area contributed by atoms with Gasteiger partial charge in [0.2, 0.25) is 0 Å². The largest absolute Gasteiger partial charge is 0.347 e. The molecule has 0 saturated heterocycles. The second kappa shape index (κ2) is 7.92. The van der Waals surface area contributed by atoms with Gasteiger partial charge in [-0.15, -0.1) is 0 Å². The van der Waals surface area contributed by atoms with Crippen molar-refractivity contribution in [2.45, 2.75) is 6.54 Å². The lowest BCUT2D eigenvalue weighted by Crippen LogP contribution is -2.24. The standard InChI is InChI=1S/C17H13Cl2N5O/c18-12-3-4-13(19)14(6-12)24-16-10-21-15(9-22-16)17(25)23-8-11-2-1-5-20-7-11/h1-7,9-10H,8H2,(H,22,24)(H,23,25). The highest BCUT2D eigenvalue weighted by molar-refractivity contribution is 6.35. The summed E-state index contributed by atoms with van der Waals surface area (Å²) in [5.74, 6) is 0.136. The molecular formula is C17H13Cl2N5O. The Morgan fingerprint density at radius 1 is 1.08 bits per heavy atom. The van der Waals surface area contributed by atoms with Crippen LogP contribution in [0.4, 0.5) is 11.5 Å². The number of nitrogens with zero attached hydrogens (tertiary/aromatic N) is 3. The zero-order valence-corrected chi connectivity index (χ0v) is 14.4. The summed E-state index contributed by atoms with van der Waals surface area (Å²) in [5.41, 5.74) is 1.72. The van der Waals surface area contributed by atoms with Gasteiger partial charge in [0.05, 0.1) is 23.1 Å². The molecule has 0 bridgehead atoms. The Kier molecular flexibility index (Phi) is 5.42. The molecule has 2 aromatic heterocycles. The number of nitrogens with one attached hydrogen (secondary N) is 2. The Morgan fingerprint density at radius 2 is 1.96 bits per heavy atom. The SMILES string of the molecule is O=C(NCc1cccnc1)c1cnc(Nc2cc(Cl)ccc2Cl)cn1. The Balaban J connectivity index is 1.63. The maximum atomic E-state index is 12.1. The maximum absolute atomic E-state index is 12.1. The van der Waals surface area contributed by atoms with E-state index in [2.05, 4.69) is 25.6 Å². The predicted molar refractivity (Wildman–Crippen MR) is 97.2 cm³/mol. The van der Waals surface area contributed by atoms with Crippen LogP contribution in [-0.2, 0) is 6.54 Å². The molecule has 0 atom stereocenters. The minimum absolute atomic E-state index is 0.214. The van der Waals surface area contributed by atoms with Crippen molar-refractivity contribution in [1.82, 2.24) is 20.3 Å². The molecule has 0 aliphatic rings. The van der Waals surface area contributed by atoms with Crippen molar-refractivity contribution < 1.29 is 4.79 Å². The third kappa shape index (κ3) is 4.65. The van der Waals surface area contributed by atoms with Crippen molar-refractivity contribution in [2.75, 3.05) is 5.32 Å². The van der Waals surface area contributed by atoms with E-state index in [4.69, 9.17) is 23.2 Å². The van der Waals surface area contributed by atoms with E-state index >= 15 is 0 Å². The molecule has 0 unspecified atom stereocenters. The smallest absolute Gasteiger partial charge is 0.271 e. The van der Waals surface area contributed by atoms with Gasteiger partial charge in [0.25, 0.3) is 5.91 Å². The number of anilines is 2. The summed E-state index contributed by atoms with van der Waals surface area (Å²) in [6.07, 6.45) is 6.21. The summed E-state index contributed by atoms with van der Waals surface area (Å²) < 4.78 is 0. The van der Waals surface area contributed by atoms with Crippen LogP contribution in [-0.4, -0.2) is 20.9 Å². The van der Waals surface area contributed by atoms with Crippen LogP contribution in [0.25, 0.3) is 0 Å². The van der Waals surface area contributed by atoms with E-state index in [0.29, 0.717) is 28.1 Å². The second-order valence-corrected chi connectivity index (χ2v) is 5.92. The van der Waals surface area contributed by atoms with E-state index in [1.165, 1.54) is 12.4 Å². The lowest BCUT2D eigenvalue weighted by molar-refractivity contribution is 0.0945. The number of amides is 1. The molecule has 0 spiro atoms. The molecule has 126 valence electrons. The summed E-state index contributed by atoms with van der Waals surface area (Å²) in [6, 6.07) is 8.74. The third-order valence-corrected chi connectivity index (χ3v) is 3.82. The summed E-state index contributed by atoms with van der Waals surface area (Å²) in [5, 5.41) is 6.82. The molecule has 0 aliphatic carbocycles. The Hall–Kier alpha value is -2.70. The summed E-state index contributed by atoms with van der Waals surface area (Å²) in [4.78, 5) is 24.4. The molecule has 0 fully saturated rings. The number of carbonyl (C=O) groups excluding carboxylic acids is 1. The fourth-order valence-corrected chi connectivity index (χ4v) is 2.35. The van der Waals surface area contributed by atoms with Crippen LogP contribution in [0.1, 0.15) is 16.1 Å². The maximum Gasteiger partial charge on any atom is 0.271 e. The summed E-state index contributed by atoms with van der Waals surface area (Å²) in [6.45, 7) is 0.368. The lowest BCUT2D eigenvalue weighted by Gasteiger charge is -2.08. The van der Waals surface area contributed by atoms with Gasteiger partial charge in [0.1, 0.15) is 11.5 Å². The molecule has 3 rings (SSSR count). The summed E-state index contributed by atoms with van der Waals surface area (Å²) in [7, 11) is 0. The number of rotatable bonds is 5. The van der Waals surface area contributed by atoms with E-state index < -0.39 is 0 Å². The zero-order chi connectivity index (χ0) is 17.6. The third-order valence-electron chi connectivity index (χ3n) is 3.25. The first-order valence-corrected chi connectivity index (χ1v) is 8.08. The van der Waals surface area contributed by atoms with Crippen LogP contribution in [0, 0.1) is 0 Å². The van der Waals surface area contributed by atoms with Gasteiger partial charge in [0.15, 0.2) is 0 Å².